The number of hydrogen-bond donors (Lipinski definition) is 1. The van der Waals surface area contributed by atoms with Crippen LogP contribution in [0.15, 0.2) is 91.0 Å². The van der Waals surface area contributed by atoms with Crippen molar-refractivity contribution in [2.75, 3.05) is 0 Å². The summed E-state index contributed by atoms with van der Waals surface area (Å²) in [4.78, 5) is 4.74. The zero-order chi connectivity index (χ0) is 19.6. The monoisotopic (exact) mass is 396 g/mol. The van der Waals surface area contributed by atoms with Gasteiger partial charge in [-0.05, 0) is 60.7 Å². The number of benzene rings is 3. The summed E-state index contributed by atoms with van der Waals surface area (Å²) in [5.74, 6) is 2.21. The molecule has 2 heterocycles. The summed E-state index contributed by atoms with van der Waals surface area (Å²) in [5, 5.41) is 8.38. The first-order chi connectivity index (χ1) is 14.3. The fraction of sp³-hybridized carbons (Fsp3) is 0. The highest BCUT2D eigenvalue weighted by molar-refractivity contribution is 7.71. The third-order valence-corrected chi connectivity index (χ3v) is 4.85. The standard InChI is InChI=1S/C23H16N4OS/c29-23-26-25-22(21-15-10-16-6-4-5-9-20(16)24-21)27(23)17-11-13-19(14-12-17)28-18-7-2-1-3-8-18/h1-15H,(H,26,29). The molecule has 0 saturated carbocycles. The van der Waals surface area contributed by atoms with Crippen LogP contribution >= 0.6 is 12.2 Å². The number of pyridine rings is 1. The predicted molar refractivity (Wildman–Crippen MR) is 116 cm³/mol. The number of ether oxygens (including phenoxy) is 1. The molecule has 29 heavy (non-hydrogen) atoms. The molecular weight excluding hydrogens is 380 g/mol. The third kappa shape index (κ3) is 3.41. The molecule has 0 radical (unpaired) electrons. The Morgan fingerprint density at radius 1 is 0.759 bits per heavy atom. The molecule has 2 aromatic heterocycles. The van der Waals surface area contributed by atoms with Gasteiger partial charge < -0.3 is 4.74 Å². The molecule has 0 aliphatic rings. The fourth-order valence-corrected chi connectivity index (χ4v) is 3.42. The fourth-order valence-electron chi connectivity index (χ4n) is 3.19. The lowest BCUT2D eigenvalue weighted by Gasteiger charge is -2.09. The Hall–Kier alpha value is -3.77. The van der Waals surface area contributed by atoms with E-state index in [-0.39, 0.29) is 0 Å². The van der Waals surface area contributed by atoms with Crippen LogP contribution < -0.4 is 4.74 Å². The maximum absolute atomic E-state index is 5.87. The molecule has 0 amide bonds. The highest BCUT2D eigenvalue weighted by Crippen LogP contribution is 2.26. The molecule has 140 valence electrons. The Morgan fingerprint density at radius 2 is 1.48 bits per heavy atom. The van der Waals surface area contributed by atoms with Gasteiger partial charge in [0.05, 0.1) is 11.2 Å². The molecule has 0 atom stereocenters. The summed E-state index contributed by atoms with van der Waals surface area (Å²) < 4.78 is 8.25. The maximum Gasteiger partial charge on any atom is 0.200 e. The highest BCUT2D eigenvalue weighted by Gasteiger charge is 2.13. The predicted octanol–water partition coefficient (Wildman–Crippen LogP) is 5.94. The quantitative estimate of drug-likeness (QED) is 0.382. The van der Waals surface area contributed by atoms with Gasteiger partial charge in [0.2, 0.25) is 0 Å². The van der Waals surface area contributed by atoms with Crippen molar-refractivity contribution in [2.24, 2.45) is 0 Å². The number of nitrogens with one attached hydrogen (secondary N) is 1. The van der Waals surface area contributed by atoms with Crippen LogP contribution in [0.3, 0.4) is 0 Å². The van der Waals surface area contributed by atoms with Crippen molar-refractivity contribution in [3.63, 3.8) is 0 Å². The summed E-state index contributed by atoms with van der Waals surface area (Å²) in [7, 11) is 0. The molecule has 1 N–H and O–H groups in total. The smallest absolute Gasteiger partial charge is 0.200 e. The molecule has 5 aromatic rings. The third-order valence-electron chi connectivity index (χ3n) is 4.57. The molecule has 5 nitrogen and oxygen atoms in total. The van der Waals surface area contributed by atoms with Crippen LogP contribution in [0, 0.1) is 4.77 Å². The van der Waals surface area contributed by atoms with Crippen LogP contribution in [-0.2, 0) is 0 Å². The summed E-state index contributed by atoms with van der Waals surface area (Å²) >= 11 is 5.47. The van der Waals surface area contributed by atoms with E-state index in [1.165, 1.54) is 0 Å². The molecule has 5 rings (SSSR count). The molecule has 6 heteroatoms. The number of fused-ring (bicyclic) bond motifs is 1. The Morgan fingerprint density at radius 3 is 2.31 bits per heavy atom. The second-order valence-electron chi connectivity index (χ2n) is 6.49. The number of hydrogen-bond acceptors (Lipinski definition) is 4. The van der Waals surface area contributed by atoms with E-state index in [1.807, 2.05) is 95.6 Å². The lowest BCUT2D eigenvalue weighted by atomic mass is 10.2. The Kier molecular flexibility index (Phi) is 4.38. The van der Waals surface area contributed by atoms with Gasteiger partial charge in [-0.3, -0.25) is 9.67 Å². The number of rotatable bonds is 4. The highest BCUT2D eigenvalue weighted by atomic mass is 32.1. The molecular formula is C23H16N4OS. The molecule has 0 aliphatic carbocycles. The molecule has 0 aliphatic heterocycles. The van der Waals surface area contributed by atoms with Gasteiger partial charge in [-0.1, -0.05) is 42.5 Å². The van der Waals surface area contributed by atoms with Crippen LogP contribution in [-0.4, -0.2) is 19.7 Å². The lowest BCUT2D eigenvalue weighted by molar-refractivity contribution is 0.482. The van der Waals surface area contributed by atoms with Crippen LogP contribution in [0.5, 0.6) is 11.5 Å². The van der Waals surface area contributed by atoms with E-state index in [0.717, 1.165) is 33.8 Å². The number of aromatic amines is 1. The van der Waals surface area contributed by atoms with Gasteiger partial charge in [-0.15, -0.1) is 0 Å². The zero-order valence-electron chi connectivity index (χ0n) is 15.3. The first kappa shape index (κ1) is 17.3. The second-order valence-corrected chi connectivity index (χ2v) is 6.87. The van der Waals surface area contributed by atoms with Crippen LogP contribution in [0.25, 0.3) is 28.1 Å². The molecule has 0 bridgehead atoms. The summed E-state index contributed by atoms with van der Waals surface area (Å²) in [6.45, 7) is 0. The normalized spacial score (nSPS) is 10.9. The Balaban J connectivity index is 1.51. The van der Waals surface area contributed by atoms with Gasteiger partial charge in [0.15, 0.2) is 10.6 Å². The SMILES string of the molecule is S=c1[nH]nc(-c2ccc3ccccc3n2)n1-c1ccc(Oc2ccccc2)cc1. The van der Waals surface area contributed by atoms with E-state index < -0.39 is 0 Å². The first-order valence-corrected chi connectivity index (χ1v) is 9.56. The van der Waals surface area contributed by atoms with E-state index >= 15 is 0 Å². The summed E-state index contributed by atoms with van der Waals surface area (Å²) in [6.07, 6.45) is 0. The van der Waals surface area contributed by atoms with Gasteiger partial charge in [0.25, 0.3) is 0 Å². The van der Waals surface area contributed by atoms with Crippen molar-refractivity contribution in [3.8, 4) is 28.7 Å². The first-order valence-electron chi connectivity index (χ1n) is 9.15. The summed E-state index contributed by atoms with van der Waals surface area (Å²) in [5.41, 5.74) is 2.55. The number of nitrogens with zero attached hydrogens (tertiary/aromatic N) is 3. The van der Waals surface area contributed by atoms with Crippen molar-refractivity contribution in [2.45, 2.75) is 0 Å². The van der Waals surface area contributed by atoms with Gasteiger partial charge in [-0.2, -0.15) is 5.10 Å². The van der Waals surface area contributed by atoms with E-state index in [0.29, 0.717) is 10.6 Å². The maximum atomic E-state index is 5.87. The Bertz CT molecular complexity index is 1340. The van der Waals surface area contributed by atoms with Gasteiger partial charge >= 0.3 is 0 Å². The summed E-state index contributed by atoms with van der Waals surface area (Å²) in [6, 6.07) is 29.4. The molecule has 0 fully saturated rings. The topological polar surface area (TPSA) is 55.7 Å². The molecule has 0 unspecified atom stereocenters. The van der Waals surface area contributed by atoms with E-state index in [4.69, 9.17) is 21.9 Å². The molecule has 0 saturated heterocycles. The average molecular weight is 396 g/mol. The molecule has 0 spiro atoms. The van der Waals surface area contributed by atoms with Gasteiger partial charge in [-0.25, -0.2) is 4.98 Å². The number of aromatic nitrogens is 4. The van der Waals surface area contributed by atoms with Crippen LogP contribution in [0.2, 0.25) is 0 Å². The van der Waals surface area contributed by atoms with Crippen molar-refractivity contribution in [1.82, 2.24) is 19.7 Å². The average Bonchev–Trinajstić information content (AvgIpc) is 3.16. The minimum atomic E-state index is 0.506. The van der Waals surface area contributed by atoms with Crippen molar-refractivity contribution >= 4 is 23.1 Å². The molecule has 3 aromatic carbocycles. The van der Waals surface area contributed by atoms with Crippen molar-refractivity contribution in [1.29, 1.82) is 0 Å². The Labute approximate surface area is 172 Å². The minimum absolute atomic E-state index is 0.506. The zero-order valence-corrected chi connectivity index (χ0v) is 16.1. The lowest BCUT2D eigenvalue weighted by Crippen LogP contribution is -1.99. The van der Waals surface area contributed by atoms with Gasteiger partial charge in [0.1, 0.15) is 17.2 Å². The van der Waals surface area contributed by atoms with Crippen LogP contribution in [0.4, 0.5) is 0 Å². The van der Waals surface area contributed by atoms with Crippen molar-refractivity contribution in [3.05, 3.63) is 95.8 Å². The van der Waals surface area contributed by atoms with E-state index in [1.54, 1.807) is 0 Å². The number of H-pyrrole nitrogens is 1. The van der Waals surface area contributed by atoms with E-state index in [2.05, 4.69) is 10.2 Å². The number of para-hydroxylation sites is 2. The van der Waals surface area contributed by atoms with Crippen LogP contribution in [0.1, 0.15) is 0 Å². The van der Waals surface area contributed by atoms with Crippen molar-refractivity contribution < 1.29 is 4.74 Å². The largest absolute Gasteiger partial charge is 0.457 e. The minimum Gasteiger partial charge on any atom is -0.457 e. The van der Waals surface area contributed by atoms with Gasteiger partial charge in [0, 0.05) is 5.39 Å². The van der Waals surface area contributed by atoms with E-state index in [9.17, 15) is 0 Å². The second kappa shape index (κ2) is 7.33.